The van der Waals surface area contributed by atoms with Crippen LogP contribution in [-0.4, -0.2) is 21.8 Å². The van der Waals surface area contributed by atoms with Crippen molar-refractivity contribution >= 4 is 27.7 Å². The molecule has 1 amide bonds. The maximum atomic E-state index is 12.5. The molecule has 7 heteroatoms. The van der Waals surface area contributed by atoms with Gasteiger partial charge in [0.15, 0.2) is 6.10 Å². The van der Waals surface area contributed by atoms with Gasteiger partial charge in [-0.25, -0.2) is 4.68 Å². The number of rotatable bonds is 6. The number of hydrogen-bond acceptors (Lipinski definition) is 4. The first-order valence-corrected chi connectivity index (χ1v) is 9.09. The molecule has 136 valence electrons. The van der Waals surface area contributed by atoms with Gasteiger partial charge in [-0.2, -0.15) is 10.4 Å². The monoisotopic (exact) mass is 424 g/mol. The second kappa shape index (κ2) is 8.52. The standard InChI is InChI=1S/C20H17BrN4O2/c1-14(27-18-5-3-2-4-16(18)12-22)20(26)24-19-10-11-23-25(19)13-15-6-8-17(21)9-7-15/h2-11,14H,13H2,1H3,(H,24,26). The summed E-state index contributed by atoms with van der Waals surface area (Å²) in [5.41, 5.74) is 1.45. The zero-order valence-corrected chi connectivity index (χ0v) is 16.2. The molecule has 1 N–H and O–H groups in total. The second-order valence-electron chi connectivity index (χ2n) is 5.86. The summed E-state index contributed by atoms with van der Waals surface area (Å²) in [6.07, 6.45) is 0.862. The van der Waals surface area contributed by atoms with Gasteiger partial charge in [0.2, 0.25) is 0 Å². The van der Waals surface area contributed by atoms with E-state index in [-0.39, 0.29) is 5.91 Å². The maximum Gasteiger partial charge on any atom is 0.266 e. The number of nitrogens with one attached hydrogen (secondary N) is 1. The lowest BCUT2D eigenvalue weighted by atomic mass is 10.2. The van der Waals surface area contributed by atoms with E-state index in [4.69, 9.17) is 10.00 Å². The largest absolute Gasteiger partial charge is 0.480 e. The second-order valence-corrected chi connectivity index (χ2v) is 6.77. The molecule has 0 aliphatic rings. The van der Waals surface area contributed by atoms with Crippen LogP contribution in [0.5, 0.6) is 5.75 Å². The van der Waals surface area contributed by atoms with Crippen LogP contribution in [0.2, 0.25) is 0 Å². The summed E-state index contributed by atoms with van der Waals surface area (Å²) in [5.74, 6) is 0.637. The van der Waals surface area contributed by atoms with Crippen LogP contribution in [0.4, 0.5) is 5.82 Å². The van der Waals surface area contributed by atoms with E-state index in [1.54, 1.807) is 48.1 Å². The van der Waals surface area contributed by atoms with Gasteiger partial charge in [0.05, 0.1) is 18.3 Å². The summed E-state index contributed by atoms with van der Waals surface area (Å²) in [5, 5.41) is 16.2. The summed E-state index contributed by atoms with van der Waals surface area (Å²) >= 11 is 3.41. The number of aromatic nitrogens is 2. The predicted octanol–water partition coefficient (Wildman–Crippen LogP) is 3.97. The lowest BCUT2D eigenvalue weighted by Gasteiger charge is -2.16. The number of para-hydroxylation sites is 1. The van der Waals surface area contributed by atoms with Gasteiger partial charge >= 0.3 is 0 Å². The van der Waals surface area contributed by atoms with E-state index in [9.17, 15) is 4.79 Å². The number of anilines is 1. The van der Waals surface area contributed by atoms with Crippen molar-refractivity contribution in [3.63, 3.8) is 0 Å². The van der Waals surface area contributed by atoms with Gasteiger partial charge in [0.25, 0.3) is 5.91 Å². The summed E-state index contributed by atoms with van der Waals surface area (Å²) in [6.45, 7) is 2.17. The Morgan fingerprint density at radius 3 is 2.74 bits per heavy atom. The van der Waals surface area contributed by atoms with Crippen molar-refractivity contribution in [3.05, 3.63) is 76.4 Å². The third-order valence-corrected chi connectivity index (χ3v) is 4.42. The smallest absolute Gasteiger partial charge is 0.266 e. The van der Waals surface area contributed by atoms with Crippen LogP contribution in [0.1, 0.15) is 18.1 Å². The fraction of sp³-hybridized carbons (Fsp3) is 0.150. The summed E-state index contributed by atoms with van der Waals surface area (Å²) in [6, 6.07) is 18.5. The van der Waals surface area contributed by atoms with Gasteiger partial charge < -0.3 is 10.1 Å². The van der Waals surface area contributed by atoms with Crippen LogP contribution in [0.25, 0.3) is 0 Å². The molecule has 0 aliphatic carbocycles. The number of carbonyl (C=O) groups excluding carboxylic acids is 1. The Balaban J connectivity index is 1.67. The molecule has 2 aromatic carbocycles. The number of nitrogens with zero attached hydrogens (tertiary/aromatic N) is 3. The minimum atomic E-state index is -0.768. The number of halogens is 1. The van der Waals surface area contributed by atoms with E-state index in [1.165, 1.54) is 0 Å². The molecule has 27 heavy (non-hydrogen) atoms. The SMILES string of the molecule is CC(Oc1ccccc1C#N)C(=O)Nc1ccnn1Cc1ccc(Br)cc1. The van der Waals surface area contributed by atoms with Crippen molar-refractivity contribution in [1.29, 1.82) is 5.26 Å². The molecule has 0 bridgehead atoms. The Morgan fingerprint density at radius 2 is 2.00 bits per heavy atom. The fourth-order valence-electron chi connectivity index (χ4n) is 2.46. The van der Waals surface area contributed by atoms with Gasteiger partial charge in [-0.05, 0) is 36.8 Å². The molecule has 6 nitrogen and oxygen atoms in total. The van der Waals surface area contributed by atoms with Crippen molar-refractivity contribution in [2.24, 2.45) is 0 Å². The first-order chi connectivity index (χ1) is 13.1. The van der Waals surface area contributed by atoms with Crippen LogP contribution >= 0.6 is 15.9 Å². The van der Waals surface area contributed by atoms with Crippen molar-refractivity contribution < 1.29 is 9.53 Å². The lowest BCUT2D eigenvalue weighted by Crippen LogP contribution is -2.31. The topological polar surface area (TPSA) is 79.9 Å². The quantitative estimate of drug-likeness (QED) is 0.648. The van der Waals surface area contributed by atoms with Crippen molar-refractivity contribution in [2.45, 2.75) is 19.6 Å². The molecule has 1 heterocycles. The highest BCUT2D eigenvalue weighted by atomic mass is 79.9. The number of amides is 1. The van der Waals surface area contributed by atoms with Crippen LogP contribution < -0.4 is 10.1 Å². The summed E-state index contributed by atoms with van der Waals surface area (Å²) < 4.78 is 8.36. The third-order valence-electron chi connectivity index (χ3n) is 3.89. The van der Waals surface area contributed by atoms with Gasteiger partial charge in [-0.1, -0.05) is 40.2 Å². The normalized spacial score (nSPS) is 11.4. The number of hydrogen-bond donors (Lipinski definition) is 1. The first kappa shape index (κ1) is 18.7. The average Bonchev–Trinajstić information content (AvgIpc) is 3.10. The van der Waals surface area contributed by atoms with Crippen LogP contribution in [0.3, 0.4) is 0 Å². The molecule has 0 spiro atoms. The molecule has 0 aliphatic heterocycles. The molecule has 1 aromatic heterocycles. The Bertz CT molecular complexity index is 976. The Hall–Kier alpha value is -3.11. The first-order valence-electron chi connectivity index (χ1n) is 8.29. The predicted molar refractivity (Wildman–Crippen MR) is 105 cm³/mol. The molecule has 1 atom stereocenters. The Morgan fingerprint density at radius 1 is 1.26 bits per heavy atom. The summed E-state index contributed by atoms with van der Waals surface area (Å²) in [7, 11) is 0. The minimum Gasteiger partial charge on any atom is -0.480 e. The molecule has 3 rings (SSSR count). The van der Waals surface area contributed by atoms with E-state index in [1.807, 2.05) is 24.3 Å². The molecular weight excluding hydrogens is 408 g/mol. The zero-order valence-electron chi connectivity index (χ0n) is 14.6. The Labute approximate surface area is 165 Å². The van der Waals surface area contributed by atoms with Crippen molar-refractivity contribution in [3.8, 4) is 11.8 Å². The Kier molecular flexibility index (Phi) is 5.89. The van der Waals surface area contributed by atoms with Gasteiger partial charge in [-0.15, -0.1) is 0 Å². The minimum absolute atomic E-state index is 0.319. The van der Waals surface area contributed by atoms with E-state index < -0.39 is 6.10 Å². The molecule has 1 unspecified atom stereocenters. The number of carbonyl (C=O) groups is 1. The lowest BCUT2D eigenvalue weighted by molar-refractivity contribution is -0.122. The third kappa shape index (κ3) is 4.74. The highest BCUT2D eigenvalue weighted by molar-refractivity contribution is 9.10. The van der Waals surface area contributed by atoms with Crippen molar-refractivity contribution in [2.75, 3.05) is 5.32 Å². The fourth-order valence-corrected chi connectivity index (χ4v) is 2.73. The van der Waals surface area contributed by atoms with E-state index >= 15 is 0 Å². The molecule has 0 saturated heterocycles. The van der Waals surface area contributed by atoms with Crippen LogP contribution in [-0.2, 0) is 11.3 Å². The van der Waals surface area contributed by atoms with E-state index in [2.05, 4.69) is 32.4 Å². The summed E-state index contributed by atoms with van der Waals surface area (Å²) in [4.78, 5) is 12.5. The maximum absolute atomic E-state index is 12.5. The van der Waals surface area contributed by atoms with Gasteiger partial charge in [0, 0.05) is 10.5 Å². The molecule has 0 radical (unpaired) electrons. The average molecular weight is 425 g/mol. The molecular formula is C20H17BrN4O2. The van der Waals surface area contributed by atoms with Crippen LogP contribution in [0.15, 0.2) is 65.3 Å². The highest BCUT2D eigenvalue weighted by Gasteiger charge is 2.18. The highest BCUT2D eigenvalue weighted by Crippen LogP contribution is 2.19. The number of ether oxygens (including phenoxy) is 1. The number of benzene rings is 2. The van der Waals surface area contributed by atoms with Crippen molar-refractivity contribution in [1.82, 2.24) is 9.78 Å². The molecule has 0 saturated carbocycles. The van der Waals surface area contributed by atoms with E-state index in [0.717, 1.165) is 10.0 Å². The zero-order chi connectivity index (χ0) is 19.2. The van der Waals surface area contributed by atoms with E-state index in [0.29, 0.717) is 23.7 Å². The van der Waals surface area contributed by atoms with Gasteiger partial charge in [0.1, 0.15) is 17.6 Å². The molecule has 0 fully saturated rings. The molecule has 3 aromatic rings. The number of nitriles is 1. The van der Waals surface area contributed by atoms with Gasteiger partial charge in [-0.3, -0.25) is 4.79 Å². The van der Waals surface area contributed by atoms with Crippen LogP contribution in [0, 0.1) is 11.3 Å².